The minimum Gasteiger partial charge on any atom is -0.462 e. The molecule has 0 spiro atoms. The monoisotopic (exact) mass is 331 g/mol. The zero-order valence-electron chi connectivity index (χ0n) is 12.5. The van der Waals surface area contributed by atoms with Gasteiger partial charge in [0.1, 0.15) is 0 Å². The fraction of sp³-hybridized carbons (Fsp3) is 0.125. The summed E-state index contributed by atoms with van der Waals surface area (Å²) >= 11 is 1.44. The first-order valence-electron chi connectivity index (χ1n) is 6.87. The summed E-state index contributed by atoms with van der Waals surface area (Å²) in [6, 6.07) is 10.6. The molecule has 0 unspecified atom stereocenters. The quantitative estimate of drug-likeness (QED) is 0.217. The van der Waals surface area contributed by atoms with Crippen LogP contribution >= 0.6 is 11.3 Å². The highest BCUT2D eigenvalue weighted by atomic mass is 32.1. The lowest BCUT2D eigenvalue weighted by atomic mass is 10.1. The topological polar surface area (TPSA) is 121 Å². The summed E-state index contributed by atoms with van der Waals surface area (Å²) in [5.74, 6) is 7.48. The first kappa shape index (κ1) is 16.9. The van der Waals surface area contributed by atoms with Crippen molar-refractivity contribution in [2.24, 2.45) is 11.7 Å². The van der Waals surface area contributed by atoms with Crippen molar-refractivity contribution in [3.05, 3.63) is 52.2 Å². The number of carbonyl (C=O) groups is 1. The van der Waals surface area contributed by atoms with Gasteiger partial charge in [0, 0.05) is 20.5 Å². The molecule has 1 heterocycles. The first-order chi connectivity index (χ1) is 11.1. The molecule has 2 aromatic carbocycles. The second kappa shape index (κ2) is 7.19. The van der Waals surface area contributed by atoms with E-state index < -0.39 is 5.97 Å². The molecule has 0 aliphatic carbocycles. The maximum Gasteiger partial charge on any atom is 0.338 e. The Kier molecular flexibility index (Phi) is 5.28. The smallest absolute Gasteiger partial charge is 0.338 e. The fourth-order valence-electron chi connectivity index (χ4n) is 2.32. The molecule has 0 radical (unpaired) electrons. The van der Waals surface area contributed by atoms with Crippen LogP contribution in [0.4, 0.5) is 5.69 Å². The number of nitrogen functional groups attached to an aromatic ring is 1. The molecule has 0 saturated heterocycles. The highest BCUT2D eigenvalue weighted by Gasteiger charge is 2.17. The minimum atomic E-state index is -0.519. The Bertz CT molecular complexity index is 921. The minimum absolute atomic E-state index is 0.164. The van der Waals surface area contributed by atoms with Gasteiger partial charge in [-0.1, -0.05) is 12.1 Å². The van der Waals surface area contributed by atoms with E-state index in [9.17, 15) is 9.59 Å². The molecule has 0 atom stereocenters. The van der Waals surface area contributed by atoms with Gasteiger partial charge in [-0.05, 0) is 31.2 Å². The molecule has 1 aromatic heterocycles. The average Bonchev–Trinajstić information content (AvgIpc) is 2.56. The molecule has 0 aliphatic heterocycles. The van der Waals surface area contributed by atoms with E-state index in [2.05, 4.69) is 11.7 Å². The summed E-state index contributed by atoms with van der Waals surface area (Å²) < 4.78 is 6.60. The molecule has 6 N–H and O–H groups in total. The van der Waals surface area contributed by atoms with E-state index >= 15 is 0 Å². The van der Waals surface area contributed by atoms with Crippen molar-refractivity contribution < 1.29 is 9.53 Å². The van der Waals surface area contributed by atoms with Crippen molar-refractivity contribution in [1.29, 1.82) is 0 Å². The zero-order chi connectivity index (χ0) is 17.0. The predicted molar refractivity (Wildman–Crippen MR) is 94.3 cm³/mol. The van der Waals surface area contributed by atoms with Gasteiger partial charge >= 0.3 is 5.97 Å². The Hall–Kier alpha value is -2.48. The van der Waals surface area contributed by atoms with E-state index in [1.807, 2.05) is 18.2 Å². The van der Waals surface area contributed by atoms with Gasteiger partial charge in [0.15, 0.2) is 5.43 Å². The van der Waals surface area contributed by atoms with Gasteiger partial charge < -0.3 is 10.5 Å². The third kappa shape index (κ3) is 3.16. The molecule has 0 fully saturated rings. The number of hydrogen-bond donors (Lipinski definition) is 3. The summed E-state index contributed by atoms with van der Waals surface area (Å²) in [7, 11) is 0. The average molecular weight is 331 g/mol. The maximum absolute atomic E-state index is 12.7. The van der Waals surface area contributed by atoms with Crippen molar-refractivity contribution >= 4 is 43.2 Å². The maximum atomic E-state index is 12.7. The number of fused-ring (bicyclic) bond motifs is 2. The summed E-state index contributed by atoms with van der Waals surface area (Å²) in [5, 5.41) is 0.983. The lowest BCUT2D eigenvalue weighted by molar-refractivity contribution is 0.0528. The molecule has 23 heavy (non-hydrogen) atoms. The highest BCUT2D eigenvalue weighted by molar-refractivity contribution is 7.24. The first-order valence-corrected chi connectivity index (χ1v) is 7.69. The second-order valence-electron chi connectivity index (χ2n) is 4.59. The van der Waals surface area contributed by atoms with E-state index in [0.29, 0.717) is 21.2 Å². The van der Waals surface area contributed by atoms with Crippen LogP contribution in [0, 0.1) is 0 Å². The number of benzene rings is 2. The van der Waals surface area contributed by atoms with Crippen molar-refractivity contribution in [2.75, 3.05) is 12.3 Å². The number of esters is 1. The lowest BCUT2D eigenvalue weighted by Crippen LogP contribution is -2.11. The number of carbonyl (C=O) groups excluding carboxylic acids is 1. The molecule has 0 bridgehead atoms. The largest absolute Gasteiger partial charge is 0.462 e. The van der Waals surface area contributed by atoms with Gasteiger partial charge in [0.05, 0.1) is 17.6 Å². The molecular weight excluding hydrogens is 314 g/mol. The molecule has 6 nitrogen and oxygen atoms in total. The normalized spacial score (nSPS) is 10.2. The van der Waals surface area contributed by atoms with Crippen molar-refractivity contribution in [3.63, 3.8) is 0 Å². The van der Waals surface area contributed by atoms with Crippen molar-refractivity contribution in [2.45, 2.75) is 6.92 Å². The van der Waals surface area contributed by atoms with Crippen LogP contribution in [0.15, 0.2) is 41.2 Å². The van der Waals surface area contributed by atoms with Crippen molar-refractivity contribution in [3.8, 4) is 0 Å². The highest BCUT2D eigenvalue weighted by Crippen LogP contribution is 2.29. The van der Waals surface area contributed by atoms with E-state index in [1.165, 1.54) is 17.4 Å². The number of ether oxygens (including phenoxy) is 1. The number of hydrazine groups is 1. The van der Waals surface area contributed by atoms with Crippen LogP contribution in [0.2, 0.25) is 0 Å². The fourth-order valence-corrected chi connectivity index (χ4v) is 3.47. The van der Waals surface area contributed by atoms with Crippen LogP contribution in [-0.2, 0) is 4.74 Å². The van der Waals surface area contributed by atoms with E-state index in [1.54, 1.807) is 19.1 Å². The Morgan fingerprint density at radius 3 is 2.57 bits per heavy atom. The number of hydrogen-bond acceptors (Lipinski definition) is 7. The molecule has 0 aliphatic rings. The Morgan fingerprint density at radius 2 is 1.87 bits per heavy atom. The lowest BCUT2D eigenvalue weighted by Gasteiger charge is -2.08. The molecule has 3 rings (SSSR count). The number of anilines is 1. The summed E-state index contributed by atoms with van der Waals surface area (Å²) in [6.07, 6.45) is 0. The van der Waals surface area contributed by atoms with E-state index in [-0.39, 0.29) is 17.6 Å². The predicted octanol–water partition coefficient (Wildman–Crippen LogP) is 1.99. The van der Waals surface area contributed by atoms with Gasteiger partial charge in [-0.25, -0.2) is 4.79 Å². The molecule has 0 amide bonds. The Labute approximate surface area is 136 Å². The summed E-state index contributed by atoms with van der Waals surface area (Å²) in [6.45, 7) is 1.98. The zero-order valence-corrected chi connectivity index (χ0v) is 13.4. The SMILES string of the molecule is CCOC(=O)c1cc(N)cc2sc3ccccc3c(=O)c12.NN. The van der Waals surface area contributed by atoms with Crippen LogP contribution < -0.4 is 22.8 Å². The van der Waals surface area contributed by atoms with Gasteiger partial charge in [0.2, 0.25) is 0 Å². The van der Waals surface area contributed by atoms with Crippen LogP contribution in [0.1, 0.15) is 17.3 Å². The summed E-state index contributed by atoms with van der Waals surface area (Å²) in [4.78, 5) is 24.8. The van der Waals surface area contributed by atoms with Crippen molar-refractivity contribution in [1.82, 2.24) is 0 Å². The molecule has 7 heteroatoms. The molecular formula is C16H17N3O3S. The third-order valence-electron chi connectivity index (χ3n) is 3.20. The Morgan fingerprint density at radius 1 is 1.17 bits per heavy atom. The number of rotatable bonds is 2. The van der Waals surface area contributed by atoms with Gasteiger partial charge in [-0.2, -0.15) is 0 Å². The third-order valence-corrected chi connectivity index (χ3v) is 4.32. The standard InChI is InChI=1S/C16H13NO3S.H4N2/c1-2-20-16(19)11-7-9(17)8-13-14(11)15(18)10-5-3-4-6-12(10)21-13;1-2/h3-8H,2,17H2,1H3;1-2H2. The van der Waals surface area contributed by atoms with Gasteiger partial charge in [0.25, 0.3) is 0 Å². The van der Waals surface area contributed by atoms with Gasteiger partial charge in [-0.3, -0.25) is 16.5 Å². The van der Waals surface area contributed by atoms with Crippen LogP contribution in [-0.4, -0.2) is 12.6 Å². The van der Waals surface area contributed by atoms with Crippen LogP contribution in [0.5, 0.6) is 0 Å². The van der Waals surface area contributed by atoms with E-state index in [0.717, 1.165) is 4.70 Å². The van der Waals surface area contributed by atoms with Gasteiger partial charge in [-0.15, -0.1) is 11.3 Å². The summed E-state index contributed by atoms with van der Waals surface area (Å²) in [5.41, 5.74) is 6.36. The molecule has 120 valence electrons. The molecule has 3 aromatic rings. The second-order valence-corrected chi connectivity index (χ2v) is 5.67. The number of nitrogens with two attached hydrogens (primary N) is 3. The van der Waals surface area contributed by atoms with Crippen LogP contribution in [0.25, 0.3) is 20.2 Å². The van der Waals surface area contributed by atoms with E-state index in [4.69, 9.17) is 10.5 Å². The molecule has 0 saturated carbocycles. The van der Waals surface area contributed by atoms with Crippen LogP contribution in [0.3, 0.4) is 0 Å². The Balaban J connectivity index is 0.000000924.